The second kappa shape index (κ2) is 8.77. The van der Waals surface area contributed by atoms with Crippen LogP contribution in [0.25, 0.3) is 0 Å². The predicted molar refractivity (Wildman–Crippen MR) is 125 cm³/mol. The number of nitrogens with zero attached hydrogens (tertiary/aromatic N) is 2. The molecule has 1 amide bonds. The number of amidine groups is 1. The normalized spacial score (nSPS) is 29.8. The standard InChI is InChI=1S/C26H37FN4O/c1-17(2)18-3-5-19(6-4-18)24-21-15-20(27)7-8-22(21)26(9-11-28-12-10-26)25(32)31(24)16-23-29-13-14-30-23/h7-8,15,17-19,24,28H,3-6,9-14,16H2,1-2H3,(H,29,30). The topological polar surface area (TPSA) is 56.7 Å². The molecule has 6 heteroatoms. The van der Waals surface area contributed by atoms with Crippen LogP contribution in [0.1, 0.15) is 69.5 Å². The van der Waals surface area contributed by atoms with Gasteiger partial charge in [-0.15, -0.1) is 0 Å². The van der Waals surface area contributed by atoms with Crippen LogP contribution in [0.2, 0.25) is 0 Å². The minimum Gasteiger partial charge on any atom is -0.370 e. The van der Waals surface area contributed by atoms with E-state index in [-0.39, 0.29) is 17.8 Å². The molecule has 4 aliphatic rings. The second-order valence-electron chi connectivity index (χ2n) is 10.6. The number of amides is 1. The number of carbonyl (C=O) groups is 1. The van der Waals surface area contributed by atoms with Gasteiger partial charge in [-0.25, -0.2) is 4.39 Å². The van der Waals surface area contributed by atoms with E-state index in [1.807, 2.05) is 6.07 Å². The molecule has 0 aromatic heterocycles. The van der Waals surface area contributed by atoms with Gasteiger partial charge in [0.2, 0.25) is 5.91 Å². The highest BCUT2D eigenvalue weighted by Crippen LogP contribution is 2.51. The number of halogens is 1. The summed E-state index contributed by atoms with van der Waals surface area (Å²) >= 11 is 0. The minimum absolute atomic E-state index is 0.0630. The van der Waals surface area contributed by atoms with E-state index in [1.165, 1.54) is 12.8 Å². The monoisotopic (exact) mass is 440 g/mol. The van der Waals surface area contributed by atoms with Crippen molar-refractivity contribution in [3.05, 3.63) is 35.1 Å². The van der Waals surface area contributed by atoms with Gasteiger partial charge in [-0.2, -0.15) is 0 Å². The molecular formula is C26H37FN4O. The Balaban J connectivity index is 1.57. The van der Waals surface area contributed by atoms with E-state index < -0.39 is 5.41 Å². The maximum Gasteiger partial charge on any atom is 0.234 e. The molecule has 1 spiro atoms. The molecule has 32 heavy (non-hydrogen) atoms. The maximum atomic E-state index is 14.6. The molecule has 1 saturated carbocycles. The van der Waals surface area contributed by atoms with Gasteiger partial charge < -0.3 is 15.5 Å². The summed E-state index contributed by atoms with van der Waals surface area (Å²) < 4.78 is 14.6. The van der Waals surface area contributed by atoms with Gasteiger partial charge in [-0.3, -0.25) is 9.79 Å². The molecule has 1 aromatic carbocycles. The number of nitrogens with one attached hydrogen (secondary N) is 2. The van der Waals surface area contributed by atoms with Crippen molar-refractivity contribution in [2.75, 3.05) is 32.7 Å². The number of aliphatic imine (C=N–C) groups is 1. The average molecular weight is 441 g/mol. The van der Waals surface area contributed by atoms with Crippen LogP contribution in [0, 0.1) is 23.6 Å². The first-order valence-electron chi connectivity index (χ1n) is 12.6. The number of fused-ring (bicyclic) bond motifs is 2. The smallest absolute Gasteiger partial charge is 0.234 e. The average Bonchev–Trinajstić information content (AvgIpc) is 3.31. The SMILES string of the molecule is CC(C)C1CCC(C2c3cc(F)ccc3C3(CCNCC3)C(=O)N2CC2=NCCN2)CC1. The van der Waals surface area contributed by atoms with Crippen molar-refractivity contribution in [2.24, 2.45) is 22.7 Å². The third kappa shape index (κ3) is 3.74. The van der Waals surface area contributed by atoms with E-state index in [2.05, 4.69) is 34.4 Å². The van der Waals surface area contributed by atoms with E-state index in [0.29, 0.717) is 18.4 Å². The Morgan fingerprint density at radius 2 is 1.91 bits per heavy atom. The quantitative estimate of drug-likeness (QED) is 0.749. The third-order valence-corrected chi connectivity index (χ3v) is 8.58. The van der Waals surface area contributed by atoms with Gasteiger partial charge in [-0.1, -0.05) is 19.9 Å². The molecule has 3 heterocycles. The van der Waals surface area contributed by atoms with Crippen LogP contribution in [0.5, 0.6) is 0 Å². The summed E-state index contributed by atoms with van der Waals surface area (Å²) in [6.07, 6.45) is 6.13. The molecule has 0 bridgehead atoms. The lowest BCUT2D eigenvalue weighted by atomic mass is 9.63. The molecule has 0 radical (unpaired) electrons. The highest BCUT2D eigenvalue weighted by molar-refractivity contribution is 5.95. The predicted octanol–water partition coefficient (Wildman–Crippen LogP) is 3.79. The van der Waals surface area contributed by atoms with Crippen LogP contribution in [0.15, 0.2) is 23.2 Å². The number of benzene rings is 1. The van der Waals surface area contributed by atoms with Crippen molar-refractivity contribution >= 4 is 11.7 Å². The molecule has 2 fully saturated rings. The van der Waals surface area contributed by atoms with Crippen molar-refractivity contribution in [3.8, 4) is 0 Å². The summed E-state index contributed by atoms with van der Waals surface area (Å²) in [5.41, 5.74) is 1.59. The lowest BCUT2D eigenvalue weighted by Gasteiger charge is -2.52. The van der Waals surface area contributed by atoms with Gasteiger partial charge in [0, 0.05) is 6.54 Å². The van der Waals surface area contributed by atoms with E-state index in [9.17, 15) is 9.18 Å². The number of piperidine rings is 1. The molecule has 2 N–H and O–H groups in total. The molecule has 1 saturated heterocycles. The lowest BCUT2D eigenvalue weighted by molar-refractivity contribution is -0.144. The molecule has 3 aliphatic heterocycles. The van der Waals surface area contributed by atoms with E-state index in [0.717, 1.165) is 74.7 Å². The molecule has 1 aliphatic carbocycles. The van der Waals surface area contributed by atoms with E-state index in [4.69, 9.17) is 0 Å². The van der Waals surface area contributed by atoms with Gasteiger partial charge in [0.1, 0.15) is 11.7 Å². The highest BCUT2D eigenvalue weighted by Gasteiger charge is 2.53. The number of carbonyl (C=O) groups excluding carboxylic acids is 1. The summed E-state index contributed by atoms with van der Waals surface area (Å²) in [5.74, 6) is 2.76. The van der Waals surface area contributed by atoms with E-state index >= 15 is 0 Å². The first kappa shape index (κ1) is 21.9. The van der Waals surface area contributed by atoms with Crippen molar-refractivity contribution in [3.63, 3.8) is 0 Å². The van der Waals surface area contributed by atoms with Crippen molar-refractivity contribution in [1.82, 2.24) is 15.5 Å². The van der Waals surface area contributed by atoms with Crippen molar-refractivity contribution in [1.29, 1.82) is 0 Å². The van der Waals surface area contributed by atoms with Gasteiger partial charge in [-0.05, 0) is 92.6 Å². The Labute approximate surface area is 191 Å². The fourth-order valence-corrected chi connectivity index (χ4v) is 6.76. The van der Waals surface area contributed by atoms with Gasteiger partial charge >= 0.3 is 0 Å². The maximum absolute atomic E-state index is 14.6. The molecular weight excluding hydrogens is 403 g/mol. The number of hydrogen-bond donors (Lipinski definition) is 2. The Bertz CT molecular complexity index is 884. The zero-order valence-electron chi connectivity index (χ0n) is 19.5. The van der Waals surface area contributed by atoms with Gasteiger partial charge in [0.15, 0.2) is 0 Å². The summed E-state index contributed by atoms with van der Waals surface area (Å²) in [6, 6.07) is 5.15. The summed E-state index contributed by atoms with van der Waals surface area (Å²) in [5, 5.41) is 6.78. The zero-order valence-corrected chi connectivity index (χ0v) is 19.5. The molecule has 1 atom stereocenters. The Kier molecular flexibility index (Phi) is 5.99. The fraction of sp³-hybridized carbons (Fsp3) is 0.692. The van der Waals surface area contributed by atoms with Crippen molar-refractivity contribution in [2.45, 2.75) is 63.8 Å². The van der Waals surface area contributed by atoms with Gasteiger partial charge in [0.05, 0.1) is 24.5 Å². The summed E-state index contributed by atoms with van der Waals surface area (Å²) in [6.45, 7) is 8.38. The van der Waals surface area contributed by atoms with Crippen LogP contribution < -0.4 is 10.6 Å². The minimum atomic E-state index is -0.543. The third-order valence-electron chi connectivity index (χ3n) is 8.58. The summed E-state index contributed by atoms with van der Waals surface area (Å²) in [7, 11) is 0. The molecule has 1 unspecified atom stereocenters. The second-order valence-corrected chi connectivity index (χ2v) is 10.6. The first-order valence-corrected chi connectivity index (χ1v) is 12.6. The molecule has 174 valence electrons. The summed E-state index contributed by atoms with van der Waals surface area (Å²) in [4.78, 5) is 21.0. The van der Waals surface area contributed by atoms with Crippen LogP contribution in [0.3, 0.4) is 0 Å². The number of hydrogen-bond acceptors (Lipinski definition) is 4. The highest BCUT2D eigenvalue weighted by atomic mass is 19.1. The first-order chi connectivity index (χ1) is 15.5. The Morgan fingerprint density at radius 1 is 1.16 bits per heavy atom. The van der Waals surface area contributed by atoms with Gasteiger partial charge in [0.25, 0.3) is 0 Å². The fourth-order valence-electron chi connectivity index (χ4n) is 6.76. The van der Waals surface area contributed by atoms with Crippen molar-refractivity contribution < 1.29 is 9.18 Å². The number of rotatable bonds is 4. The van der Waals surface area contributed by atoms with Crippen LogP contribution >= 0.6 is 0 Å². The lowest BCUT2D eigenvalue weighted by Crippen LogP contribution is -2.59. The van der Waals surface area contributed by atoms with E-state index in [1.54, 1.807) is 12.1 Å². The van der Waals surface area contributed by atoms with Crippen LogP contribution in [-0.4, -0.2) is 49.4 Å². The molecule has 5 nitrogen and oxygen atoms in total. The molecule has 5 rings (SSSR count). The van der Waals surface area contributed by atoms with Crippen LogP contribution in [0.4, 0.5) is 4.39 Å². The largest absolute Gasteiger partial charge is 0.370 e. The molecule has 1 aromatic rings. The van der Waals surface area contributed by atoms with Crippen LogP contribution in [-0.2, 0) is 10.2 Å². The zero-order chi connectivity index (χ0) is 22.3. The Hall–Kier alpha value is -1.95. The Morgan fingerprint density at radius 3 is 2.56 bits per heavy atom.